The normalized spacial score (nSPS) is 27.1. The summed E-state index contributed by atoms with van der Waals surface area (Å²) in [7, 11) is 0. The maximum absolute atomic E-state index is 14.2. The Morgan fingerprint density at radius 1 is 1.32 bits per heavy atom. The molecule has 2 aliphatic rings. The van der Waals surface area contributed by atoms with Crippen molar-refractivity contribution < 1.29 is 8.78 Å². The molecule has 1 aliphatic heterocycles. The number of fused-ring (bicyclic) bond motifs is 2. The Balaban J connectivity index is 1.90. The van der Waals surface area contributed by atoms with Crippen LogP contribution in [0.15, 0.2) is 12.1 Å². The lowest BCUT2D eigenvalue weighted by molar-refractivity contribution is 0.519. The van der Waals surface area contributed by atoms with Crippen LogP contribution >= 0.6 is 0 Å². The van der Waals surface area contributed by atoms with Gasteiger partial charge >= 0.3 is 0 Å². The monoisotopic (exact) mass is 266 g/mol. The Hall–Kier alpha value is -1.16. The minimum Gasteiger partial charge on any atom is -0.364 e. The zero-order valence-corrected chi connectivity index (χ0v) is 11.2. The van der Waals surface area contributed by atoms with Crippen molar-refractivity contribution in [2.45, 2.75) is 44.7 Å². The third kappa shape index (κ3) is 2.34. The van der Waals surface area contributed by atoms with E-state index in [9.17, 15) is 8.78 Å². The topological polar surface area (TPSA) is 29.3 Å². The fraction of sp³-hybridized carbons (Fsp3) is 0.600. The lowest BCUT2D eigenvalue weighted by Crippen LogP contribution is -2.33. The molecule has 1 aliphatic carbocycles. The number of rotatable bonds is 3. The number of hydrogen-bond acceptors (Lipinski definition) is 2. The van der Waals surface area contributed by atoms with E-state index in [0.29, 0.717) is 23.9 Å². The number of piperidine rings is 1. The summed E-state index contributed by atoms with van der Waals surface area (Å²) < 4.78 is 28.4. The molecule has 2 nitrogen and oxygen atoms in total. The molecule has 1 aromatic carbocycles. The number of hydrogen-bond donors (Lipinski definition) is 1. The molecule has 0 radical (unpaired) electrons. The van der Waals surface area contributed by atoms with Crippen molar-refractivity contribution in [2.75, 3.05) is 11.4 Å². The second-order valence-corrected chi connectivity index (χ2v) is 6.07. The van der Waals surface area contributed by atoms with Crippen molar-refractivity contribution in [3.63, 3.8) is 0 Å². The Morgan fingerprint density at radius 3 is 2.47 bits per heavy atom. The quantitative estimate of drug-likeness (QED) is 0.911. The highest BCUT2D eigenvalue weighted by atomic mass is 19.1. The van der Waals surface area contributed by atoms with Crippen molar-refractivity contribution in [3.05, 3.63) is 29.3 Å². The van der Waals surface area contributed by atoms with E-state index in [4.69, 9.17) is 5.73 Å². The minimum atomic E-state index is -0.441. The number of anilines is 1. The summed E-state index contributed by atoms with van der Waals surface area (Å²) >= 11 is 0. The molecule has 0 amide bonds. The summed E-state index contributed by atoms with van der Waals surface area (Å²) in [5.74, 6) is -0.265. The Kier molecular flexibility index (Phi) is 3.21. The van der Waals surface area contributed by atoms with Crippen molar-refractivity contribution in [3.8, 4) is 0 Å². The van der Waals surface area contributed by atoms with E-state index in [1.54, 1.807) is 0 Å². The largest absolute Gasteiger partial charge is 0.364 e. The Morgan fingerprint density at radius 2 is 2.00 bits per heavy atom. The Labute approximate surface area is 112 Å². The molecule has 2 bridgehead atoms. The van der Waals surface area contributed by atoms with Crippen molar-refractivity contribution >= 4 is 5.69 Å². The third-order valence-corrected chi connectivity index (χ3v) is 4.33. The summed E-state index contributed by atoms with van der Waals surface area (Å²) in [5.41, 5.74) is 6.48. The maximum Gasteiger partial charge on any atom is 0.149 e. The second-order valence-electron chi connectivity index (χ2n) is 6.07. The number of benzene rings is 1. The van der Waals surface area contributed by atoms with Gasteiger partial charge in [-0.05, 0) is 56.2 Å². The van der Waals surface area contributed by atoms with E-state index in [1.165, 1.54) is 18.6 Å². The molecular formula is C15H20F2N2. The van der Waals surface area contributed by atoms with Gasteiger partial charge in [0.25, 0.3) is 0 Å². The highest BCUT2D eigenvalue weighted by molar-refractivity contribution is 5.53. The molecule has 4 heteroatoms. The molecule has 3 unspecified atom stereocenters. The zero-order chi connectivity index (χ0) is 13.6. The molecule has 3 rings (SSSR count). The van der Waals surface area contributed by atoms with Crippen LogP contribution in [0.3, 0.4) is 0 Å². The molecule has 1 heterocycles. The summed E-state index contributed by atoms with van der Waals surface area (Å²) in [4.78, 5) is 1.93. The van der Waals surface area contributed by atoms with Crippen LogP contribution in [-0.2, 0) is 6.42 Å². The van der Waals surface area contributed by atoms with Crippen molar-refractivity contribution in [2.24, 2.45) is 11.7 Å². The maximum atomic E-state index is 14.2. The van der Waals surface area contributed by atoms with Crippen LogP contribution in [0.1, 0.15) is 31.7 Å². The van der Waals surface area contributed by atoms with Crippen LogP contribution in [-0.4, -0.2) is 18.6 Å². The summed E-state index contributed by atoms with van der Waals surface area (Å²) in [6.45, 7) is 2.63. The summed E-state index contributed by atoms with van der Waals surface area (Å²) in [6, 6.07) is 3.11. The molecule has 1 saturated heterocycles. The van der Waals surface area contributed by atoms with Crippen LogP contribution in [0.25, 0.3) is 0 Å². The van der Waals surface area contributed by atoms with E-state index in [0.717, 1.165) is 19.4 Å². The second kappa shape index (κ2) is 4.75. The first-order chi connectivity index (χ1) is 9.04. The molecule has 2 N–H and O–H groups in total. The molecular weight excluding hydrogens is 246 g/mol. The minimum absolute atomic E-state index is 0.0903. The molecule has 2 fully saturated rings. The predicted octanol–water partition coefficient (Wildman–Crippen LogP) is 2.84. The Bertz CT molecular complexity index is 464. The lowest BCUT2D eigenvalue weighted by atomic mass is 10.0. The van der Waals surface area contributed by atoms with E-state index >= 15 is 0 Å². The van der Waals surface area contributed by atoms with Crippen LogP contribution in [0, 0.1) is 17.6 Å². The molecule has 0 aromatic heterocycles. The van der Waals surface area contributed by atoms with Gasteiger partial charge in [0, 0.05) is 18.6 Å². The van der Waals surface area contributed by atoms with Crippen LogP contribution in [0.4, 0.5) is 14.5 Å². The van der Waals surface area contributed by atoms with Crippen molar-refractivity contribution in [1.29, 1.82) is 0 Å². The first-order valence-electron chi connectivity index (χ1n) is 7.04. The van der Waals surface area contributed by atoms with E-state index < -0.39 is 11.6 Å². The van der Waals surface area contributed by atoms with E-state index in [2.05, 4.69) is 0 Å². The first-order valence-corrected chi connectivity index (χ1v) is 7.04. The fourth-order valence-corrected chi connectivity index (χ4v) is 3.58. The van der Waals surface area contributed by atoms with Crippen LogP contribution in [0.5, 0.6) is 0 Å². The van der Waals surface area contributed by atoms with Gasteiger partial charge in [0.2, 0.25) is 0 Å². The molecule has 0 spiro atoms. The molecule has 104 valence electrons. The van der Waals surface area contributed by atoms with Crippen molar-refractivity contribution in [1.82, 2.24) is 0 Å². The first kappa shape index (κ1) is 12.9. The average Bonchev–Trinajstić information content (AvgIpc) is 2.88. The average molecular weight is 266 g/mol. The lowest BCUT2D eigenvalue weighted by Gasteiger charge is -2.30. The fourth-order valence-electron chi connectivity index (χ4n) is 3.58. The van der Waals surface area contributed by atoms with E-state index in [-0.39, 0.29) is 11.7 Å². The van der Waals surface area contributed by atoms with Gasteiger partial charge in [-0.25, -0.2) is 8.78 Å². The van der Waals surface area contributed by atoms with Gasteiger partial charge in [-0.1, -0.05) is 0 Å². The van der Waals surface area contributed by atoms with Gasteiger partial charge in [-0.2, -0.15) is 0 Å². The van der Waals surface area contributed by atoms with Gasteiger partial charge in [-0.3, -0.25) is 0 Å². The number of halogens is 2. The molecule has 1 saturated carbocycles. The zero-order valence-electron chi connectivity index (χ0n) is 11.2. The highest BCUT2D eigenvalue weighted by Gasteiger charge is 2.39. The highest BCUT2D eigenvalue weighted by Crippen LogP contribution is 2.42. The number of nitrogens with zero attached hydrogens (tertiary/aromatic N) is 1. The molecule has 19 heavy (non-hydrogen) atoms. The summed E-state index contributed by atoms with van der Waals surface area (Å²) in [5, 5.41) is 0. The number of nitrogens with two attached hydrogens (primary N) is 1. The van der Waals surface area contributed by atoms with E-state index in [1.807, 2.05) is 11.8 Å². The van der Waals surface area contributed by atoms with Crippen LogP contribution < -0.4 is 10.6 Å². The van der Waals surface area contributed by atoms with Gasteiger partial charge in [0.05, 0.1) is 0 Å². The van der Waals surface area contributed by atoms with Gasteiger partial charge in [0.15, 0.2) is 0 Å². The standard InChI is InChI=1S/C15H20F2N2/c1-9(18)4-11-6-13(16)15(14(17)7-11)19-8-10-2-3-12(19)5-10/h6-7,9-10,12H,2-5,8,18H2,1H3. The van der Waals surface area contributed by atoms with Gasteiger partial charge < -0.3 is 10.6 Å². The van der Waals surface area contributed by atoms with Gasteiger partial charge in [0.1, 0.15) is 17.3 Å². The SMILES string of the molecule is CC(N)Cc1cc(F)c(N2CC3CCC2C3)c(F)c1. The predicted molar refractivity (Wildman–Crippen MR) is 72.2 cm³/mol. The van der Waals surface area contributed by atoms with Crippen LogP contribution in [0.2, 0.25) is 0 Å². The van der Waals surface area contributed by atoms with Gasteiger partial charge in [-0.15, -0.1) is 0 Å². The molecule has 3 atom stereocenters. The summed E-state index contributed by atoms with van der Waals surface area (Å²) in [6.07, 6.45) is 3.85. The smallest absolute Gasteiger partial charge is 0.149 e. The molecule has 1 aromatic rings. The third-order valence-electron chi connectivity index (χ3n) is 4.33.